The van der Waals surface area contributed by atoms with Gasteiger partial charge in [0.05, 0.1) is 7.11 Å². The third-order valence-corrected chi connectivity index (χ3v) is 4.28. The summed E-state index contributed by atoms with van der Waals surface area (Å²) in [7, 11) is 1.65. The maximum Gasteiger partial charge on any atom is 0.238 e. The van der Waals surface area contributed by atoms with Gasteiger partial charge in [0, 0.05) is 17.4 Å². The number of ether oxygens (including phenoxy) is 1. The van der Waals surface area contributed by atoms with Crippen molar-refractivity contribution in [2.24, 2.45) is 0 Å². The van der Waals surface area contributed by atoms with E-state index in [1.165, 1.54) is 5.56 Å². The number of hydrogen-bond donors (Lipinski definition) is 0. The molecule has 5 nitrogen and oxygen atoms in total. The van der Waals surface area contributed by atoms with Crippen molar-refractivity contribution in [2.45, 2.75) is 19.8 Å². The number of aromatic nitrogens is 2. The highest BCUT2D eigenvalue weighted by atomic mass is 16.5. The van der Waals surface area contributed by atoms with Gasteiger partial charge in [0.2, 0.25) is 11.7 Å². The number of benzene rings is 2. The van der Waals surface area contributed by atoms with Crippen LogP contribution in [-0.4, -0.2) is 17.3 Å². The Balaban J connectivity index is 1.59. The number of nitrogens with zero attached hydrogens (tertiary/aromatic N) is 2. The molecule has 0 amide bonds. The molecule has 0 aliphatic carbocycles. The van der Waals surface area contributed by atoms with Crippen LogP contribution in [0.3, 0.4) is 0 Å². The van der Waals surface area contributed by atoms with Crippen LogP contribution in [0.4, 0.5) is 0 Å². The van der Waals surface area contributed by atoms with Gasteiger partial charge in [0.1, 0.15) is 11.3 Å². The minimum Gasteiger partial charge on any atom is -0.497 e. The largest absolute Gasteiger partial charge is 0.497 e. The number of rotatable bonds is 5. The van der Waals surface area contributed by atoms with Crippen LogP contribution in [0.15, 0.2) is 57.5 Å². The molecule has 0 fully saturated rings. The standard InChI is InChI=1S/C20H18N2O3/c1-13-16-12-15(23-2)9-10-17(16)24-19(13)20-21-18(25-22-20)11-8-14-6-4-3-5-7-14/h3-7,9-10,12H,8,11H2,1-2H3. The van der Waals surface area contributed by atoms with E-state index in [2.05, 4.69) is 22.3 Å². The van der Waals surface area contributed by atoms with E-state index in [-0.39, 0.29) is 0 Å². The summed E-state index contributed by atoms with van der Waals surface area (Å²) in [5.41, 5.74) is 3.00. The van der Waals surface area contributed by atoms with Crippen LogP contribution in [0.5, 0.6) is 5.75 Å². The van der Waals surface area contributed by atoms with Gasteiger partial charge < -0.3 is 13.7 Å². The lowest BCUT2D eigenvalue weighted by atomic mass is 10.1. The summed E-state index contributed by atoms with van der Waals surface area (Å²) < 4.78 is 16.6. The normalized spacial score (nSPS) is 11.1. The first-order valence-corrected chi connectivity index (χ1v) is 8.18. The molecule has 0 saturated carbocycles. The van der Waals surface area contributed by atoms with Gasteiger partial charge in [-0.1, -0.05) is 35.5 Å². The first-order chi connectivity index (χ1) is 12.2. The van der Waals surface area contributed by atoms with Crippen LogP contribution in [0.2, 0.25) is 0 Å². The third kappa shape index (κ3) is 3.01. The second-order valence-electron chi connectivity index (χ2n) is 5.92. The number of methoxy groups -OCH3 is 1. The molecule has 126 valence electrons. The Morgan fingerprint density at radius 2 is 1.88 bits per heavy atom. The highest BCUT2D eigenvalue weighted by Gasteiger charge is 2.18. The molecule has 2 aromatic carbocycles. The number of fused-ring (bicyclic) bond motifs is 1. The molecule has 0 N–H and O–H groups in total. The Morgan fingerprint density at radius 3 is 2.68 bits per heavy atom. The monoisotopic (exact) mass is 334 g/mol. The Morgan fingerprint density at radius 1 is 1.04 bits per heavy atom. The molecule has 0 aliphatic rings. The molecule has 0 atom stereocenters. The molecule has 0 saturated heterocycles. The fourth-order valence-corrected chi connectivity index (χ4v) is 2.88. The summed E-state index contributed by atoms with van der Waals surface area (Å²) in [6, 6.07) is 16.0. The van der Waals surface area contributed by atoms with Crippen LogP contribution in [0.1, 0.15) is 17.0 Å². The van der Waals surface area contributed by atoms with E-state index in [1.807, 2.05) is 43.3 Å². The lowest BCUT2D eigenvalue weighted by molar-refractivity contribution is 0.378. The van der Waals surface area contributed by atoms with Crippen LogP contribution in [0.25, 0.3) is 22.6 Å². The molecule has 4 rings (SSSR count). The third-order valence-electron chi connectivity index (χ3n) is 4.28. The van der Waals surface area contributed by atoms with Gasteiger partial charge in [0.15, 0.2) is 5.76 Å². The maximum absolute atomic E-state index is 5.92. The summed E-state index contributed by atoms with van der Waals surface area (Å²) in [6.07, 6.45) is 1.56. The smallest absolute Gasteiger partial charge is 0.238 e. The van der Waals surface area contributed by atoms with Gasteiger partial charge in [-0.15, -0.1) is 0 Å². The topological polar surface area (TPSA) is 61.3 Å². The van der Waals surface area contributed by atoms with E-state index in [9.17, 15) is 0 Å². The zero-order valence-electron chi connectivity index (χ0n) is 14.2. The summed E-state index contributed by atoms with van der Waals surface area (Å²) in [4.78, 5) is 4.49. The van der Waals surface area contributed by atoms with E-state index in [1.54, 1.807) is 7.11 Å². The molecular formula is C20H18N2O3. The Labute approximate surface area is 145 Å². The van der Waals surface area contributed by atoms with Gasteiger partial charge >= 0.3 is 0 Å². The van der Waals surface area contributed by atoms with Gasteiger partial charge in [-0.05, 0) is 37.1 Å². The Bertz CT molecular complexity index is 1000. The van der Waals surface area contributed by atoms with Crippen LogP contribution >= 0.6 is 0 Å². The summed E-state index contributed by atoms with van der Waals surface area (Å²) in [6.45, 7) is 1.99. The first kappa shape index (κ1) is 15.4. The van der Waals surface area contributed by atoms with Crippen LogP contribution < -0.4 is 4.74 Å². The van der Waals surface area contributed by atoms with E-state index < -0.39 is 0 Å². The predicted molar refractivity (Wildman–Crippen MR) is 94.6 cm³/mol. The molecule has 2 heterocycles. The maximum atomic E-state index is 5.92. The lowest BCUT2D eigenvalue weighted by Crippen LogP contribution is -1.91. The molecule has 5 heteroatoms. The average Bonchev–Trinajstić information content (AvgIpc) is 3.25. The van der Waals surface area contributed by atoms with Gasteiger partial charge in [-0.25, -0.2) is 0 Å². The zero-order valence-corrected chi connectivity index (χ0v) is 14.2. The van der Waals surface area contributed by atoms with Gasteiger partial charge in [0.25, 0.3) is 0 Å². The number of hydrogen-bond acceptors (Lipinski definition) is 5. The Kier molecular flexibility index (Phi) is 3.98. The average molecular weight is 334 g/mol. The fourth-order valence-electron chi connectivity index (χ4n) is 2.88. The number of furan rings is 1. The minimum atomic E-state index is 0.482. The zero-order chi connectivity index (χ0) is 17.2. The SMILES string of the molecule is COc1ccc2oc(-c3noc(CCc4ccccc4)n3)c(C)c2c1. The van der Waals surface area contributed by atoms with Gasteiger partial charge in [-0.3, -0.25) is 0 Å². The van der Waals surface area contributed by atoms with E-state index >= 15 is 0 Å². The second-order valence-corrected chi connectivity index (χ2v) is 5.92. The highest BCUT2D eigenvalue weighted by molar-refractivity contribution is 5.87. The minimum absolute atomic E-state index is 0.482. The van der Waals surface area contributed by atoms with Crippen molar-refractivity contribution in [2.75, 3.05) is 7.11 Å². The molecule has 0 bridgehead atoms. The van der Waals surface area contributed by atoms with Crippen molar-refractivity contribution >= 4 is 11.0 Å². The van der Waals surface area contributed by atoms with Crippen LogP contribution in [0, 0.1) is 6.92 Å². The number of aryl methyl sites for hydroxylation is 3. The molecule has 0 aliphatic heterocycles. The quantitative estimate of drug-likeness (QED) is 0.534. The lowest BCUT2D eigenvalue weighted by Gasteiger charge is -1.97. The van der Waals surface area contributed by atoms with Crippen molar-refractivity contribution in [3.63, 3.8) is 0 Å². The van der Waals surface area contributed by atoms with E-state index in [0.29, 0.717) is 23.9 Å². The van der Waals surface area contributed by atoms with E-state index in [0.717, 1.165) is 28.7 Å². The predicted octanol–water partition coefficient (Wildman–Crippen LogP) is 4.59. The van der Waals surface area contributed by atoms with Crippen molar-refractivity contribution in [1.29, 1.82) is 0 Å². The first-order valence-electron chi connectivity index (χ1n) is 8.18. The molecular weight excluding hydrogens is 316 g/mol. The fraction of sp³-hybridized carbons (Fsp3) is 0.200. The molecule has 0 unspecified atom stereocenters. The molecule has 0 spiro atoms. The molecule has 25 heavy (non-hydrogen) atoms. The molecule has 2 aromatic heterocycles. The Hall–Kier alpha value is -3.08. The highest BCUT2D eigenvalue weighted by Crippen LogP contribution is 2.33. The van der Waals surface area contributed by atoms with Crippen molar-refractivity contribution in [1.82, 2.24) is 10.1 Å². The van der Waals surface area contributed by atoms with E-state index in [4.69, 9.17) is 13.7 Å². The summed E-state index contributed by atoms with van der Waals surface area (Å²) >= 11 is 0. The summed E-state index contributed by atoms with van der Waals surface area (Å²) in [5.74, 6) is 2.52. The summed E-state index contributed by atoms with van der Waals surface area (Å²) in [5, 5.41) is 5.08. The molecule has 0 radical (unpaired) electrons. The van der Waals surface area contributed by atoms with Crippen molar-refractivity contribution in [3.8, 4) is 17.3 Å². The van der Waals surface area contributed by atoms with Crippen LogP contribution in [-0.2, 0) is 12.8 Å². The second kappa shape index (κ2) is 6.43. The molecule has 4 aromatic rings. The van der Waals surface area contributed by atoms with Gasteiger partial charge in [-0.2, -0.15) is 4.98 Å². The van der Waals surface area contributed by atoms with Crippen molar-refractivity contribution < 1.29 is 13.7 Å². The van der Waals surface area contributed by atoms with Crippen molar-refractivity contribution in [3.05, 3.63) is 65.5 Å².